The zero-order valence-electron chi connectivity index (χ0n) is 21.9. The molecule has 0 aromatic rings. The van der Waals surface area contributed by atoms with E-state index in [9.17, 15) is 18.9 Å². The van der Waals surface area contributed by atoms with Crippen LogP contribution in [-0.4, -0.2) is 68.2 Å². The molecule has 13 heteroatoms. The number of carbonyl (C=O) groups is 3. The van der Waals surface area contributed by atoms with Crippen LogP contribution in [0.2, 0.25) is 0 Å². The highest BCUT2D eigenvalue weighted by Crippen LogP contribution is 2.33. The molecule has 0 saturated heterocycles. The van der Waals surface area contributed by atoms with E-state index in [2.05, 4.69) is 0 Å². The molecule has 218 valence electrons. The Morgan fingerprint density at radius 2 is 1.03 bits per heavy atom. The van der Waals surface area contributed by atoms with E-state index in [1.807, 2.05) is 0 Å². The summed E-state index contributed by atoms with van der Waals surface area (Å²) in [6, 6.07) is -0.104. The Morgan fingerprint density at radius 1 is 0.703 bits per heavy atom. The lowest BCUT2D eigenvalue weighted by molar-refractivity contribution is -0.147. The third-order valence-electron chi connectivity index (χ3n) is 6.31. The van der Waals surface area contributed by atoms with E-state index in [1.165, 1.54) is 96.3 Å². The topological polar surface area (TPSA) is 239 Å². The maximum atomic E-state index is 10.9. The zero-order chi connectivity index (χ0) is 28.3. The number of carboxylic acid groups (broad SMARTS) is 2. The Labute approximate surface area is 220 Å². The van der Waals surface area contributed by atoms with Crippen LogP contribution in [0, 0.1) is 0 Å². The molecular formula is C24H49N4O8P. The summed E-state index contributed by atoms with van der Waals surface area (Å²) in [5.74, 6) is -4.27. The first-order chi connectivity index (χ1) is 17.3. The highest BCUT2D eigenvalue weighted by molar-refractivity contribution is 7.52. The lowest BCUT2D eigenvalue weighted by atomic mass is 9.97. The number of nitrogens with one attached hydrogen (secondary N) is 1. The summed E-state index contributed by atoms with van der Waals surface area (Å²) in [4.78, 5) is 48.4. The average molecular weight is 553 g/mol. The zero-order valence-corrected chi connectivity index (χ0v) is 22.8. The van der Waals surface area contributed by atoms with Crippen molar-refractivity contribution < 1.29 is 38.9 Å². The highest BCUT2D eigenvalue weighted by atomic mass is 31.2. The minimum atomic E-state index is -4.59. The van der Waals surface area contributed by atoms with E-state index >= 15 is 0 Å². The van der Waals surface area contributed by atoms with Crippen molar-refractivity contribution in [3.63, 3.8) is 0 Å². The number of hydrogen-bond donors (Lipinski definition) is 8. The van der Waals surface area contributed by atoms with Gasteiger partial charge in [-0.25, -0.2) is 4.79 Å². The molecule has 0 bridgehead atoms. The van der Waals surface area contributed by atoms with Gasteiger partial charge in [-0.1, -0.05) is 57.8 Å². The molecule has 0 radical (unpaired) electrons. The SMILES string of the molecule is NC1CCCCC1.NC1CCCCC1.NC1CCCCC1.O=C(O)C[C@H](NC(=O)CP(=O)(O)O)C(=O)O. The number of nitrogens with two attached hydrogens (primary N) is 3. The third kappa shape index (κ3) is 23.3. The second kappa shape index (κ2) is 20.4. The second-order valence-corrected chi connectivity index (χ2v) is 11.7. The summed E-state index contributed by atoms with van der Waals surface area (Å²) >= 11 is 0. The van der Waals surface area contributed by atoms with Crippen molar-refractivity contribution in [3.8, 4) is 0 Å². The van der Waals surface area contributed by atoms with Crippen molar-refractivity contribution in [2.24, 2.45) is 17.2 Å². The standard InChI is InChI=1S/C6H10NO8P.3C6H13N/c8-4(2-16(13,14)15)7-3(6(11)12)1-5(9)10;3*7-6-4-2-1-3-5-6/h3H,1-2H2,(H,7,8)(H,9,10)(H,11,12)(H2,13,14,15);3*6H,1-5,7H2/t3-;;;/m0.../s1. The van der Waals surface area contributed by atoms with Crippen LogP contribution in [0.3, 0.4) is 0 Å². The summed E-state index contributed by atoms with van der Waals surface area (Å²) in [6.45, 7) is 0. The summed E-state index contributed by atoms with van der Waals surface area (Å²) < 4.78 is 10.4. The summed E-state index contributed by atoms with van der Waals surface area (Å²) in [7, 11) is -4.59. The van der Waals surface area contributed by atoms with Gasteiger partial charge in [-0.05, 0) is 38.5 Å². The highest BCUT2D eigenvalue weighted by Gasteiger charge is 2.26. The number of aliphatic carboxylic acids is 2. The molecule has 1 amide bonds. The lowest BCUT2D eigenvalue weighted by Crippen LogP contribution is -2.43. The van der Waals surface area contributed by atoms with Crippen LogP contribution in [0.25, 0.3) is 0 Å². The Balaban J connectivity index is 0.000000509. The smallest absolute Gasteiger partial charge is 0.334 e. The van der Waals surface area contributed by atoms with Crippen LogP contribution < -0.4 is 22.5 Å². The Morgan fingerprint density at radius 3 is 1.22 bits per heavy atom. The van der Waals surface area contributed by atoms with Crippen LogP contribution in [0.1, 0.15) is 103 Å². The van der Waals surface area contributed by atoms with Crippen LogP contribution in [0.4, 0.5) is 0 Å². The van der Waals surface area contributed by atoms with Gasteiger partial charge in [-0.3, -0.25) is 14.2 Å². The number of hydrogen-bond acceptors (Lipinski definition) is 7. The number of rotatable bonds is 6. The minimum absolute atomic E-state index is 0.536. The van der Waals surface area contributed by atoms with Crippen molar-refractivity contribution in [1.29, 1.82) is 0 Å². The third-order valence-corrected chi connectivity index (χ3v) is 7.01. The first kappa shape index (κ1) is 35.4. The predicted octanol–water partition coefficient (Wildman–Crippen LogP) is 2.04. The Hall–Kier alpha value is -1.56. The van der Waals surface area contributed by atoms with Gasteiger partial charge in [0.05, 0.1) is 6.42 Å². The quantitative estimate of drug-likeness (QED) is 0.222. The average Bonchev–Trinajstić information content (AvgIpc) is 2.80. The first-order valence-electron chi connectivity index (χ1n) is 13.4. The van der Waals surface area contributed by atoms with E-state index < -0.39 is 44.1 Å². The van der Waals surface area contributed by atoms with Gasteiger partial charge in [0.15, 0.2) is 0 Å². The molecule has 1 atom stereocenters. The lowest BCUT2D eigenvalue weighted by Gasteiger charge is -2.15. The van der Waals surface area contributed by atoms with Gasteiger partial charge in [-0.2, -0.15) is 0 Å². The molecule has 3 aliphatic carbocycles. The summed E-state index contributed by atoms with van der Waals surface area (Å²) in [5, 5.41) is 18.5. The molecule has 0 unspecified atom stereocenters. The van der Waals surface area contributed by atoms with Crippen LogP contribution in [0.15, 0.2) is 0 Å². The van der Waals surface area contributed by atoms with Gasteiger partial charge >= 0.3 is 19.5 Å². The monoisotopic (exact) mass is 552 g/mol. The van der Waals surface area contributed by atoms with Crippen LogP contribution >= 0.6 is 7.60 Å². The molecule has 37 heavy (non-hydrogen) atoms. The molecule has 3 rings (SSSR count). The van der Waals surface area contributed by atoms with Crippen molar-refractivity contribution in [3.05, 3.63) is 0 Å². The van der Waals surface area contributed by atoms with Crippen molar-refractivity contribution in [1.82, 2.24) is 5.32 Å². The first-order valence-corrected chi connectivity index (χ1v) is 15.1. The van der Waals surface area contributed by atoms with Gasteiger partial charge < -0.3 is 42.5 Å². The van der Waals surface area contributed by atoms with Gasteiger partial charge in [0.2, 0.25) is 5.91 Å². The Kier molecular flexibility index (Phi) is 19.5. The fourth-order valence-corrected chi connectivity index (χ4v) is 4.67. The fourth-order valence-electron chi connectivity index (χ4n) is 4.20. The number of carboxylic acids is 2. The van der Waals surface area contributed by atoms with Gasteiger partial charge in [0.1, 0.15) is 12.2 Å². The fraction of sp³-hybridized carbons (Fsp3) is 0.875. The minimum Gasteiger partial charge on any atom is -0.481 e. The van der Waals surface area contributed by atoms with E-state index in [4.69, 9.17) is 37.2 Å². The van der Waals surface area contributed by atoms with Gasteiger partial charge in [0, 0.05) is 18.1 Å². The van der Waals surface area contributed by atoms with E-state index in [-0.39, 0.29) is 0 Å². The summed E-state index contributed by atoms with van der Waals surface area (Å²) in [6.07, 6.45) is 17.9. The normalized spacial score (nSPS) is 19.9. The second-order valence-electron chi connectivity index (χ2n) is 10.1. The largest absolute Gasteiger partial charge is 0.481 e. The molecule has 0 aromatic carbocycles. The maximum Gasteiger partial charge on any atom is 0.334 e. The molecule has 0 heterocycles. The molecule has 11 N–H and O–H groups in total. The molecule has 3 saturated carbocycles. The molecule has 0 aliphatic heterocycles. The molecular weight excluding hydrogens is 503 g/mol. The molecule has 3 fully saturated rings. The van der Waals surface area contributed by atoms with Crippen molar-refractivity contribution >= 4 is 25.4 Å². The molecule has 3 aliphatic rings. The molecule has 12 nitrogen and oxygen atoms in total. The van der Waals surface area contributed by atoms with Gasteiger partial charge in [0.25, 0.3) is 0 Å². The van der Waals surface area contributed by atoms with Crippen LogP contribution in [-0.2, 0) is 18.9 Å². The van der Waals surface area contributed by atoms with E-state index in [1.54, 1.807) is 5.32 Å². The van der Waals surface area contributed by atoms with E-state index in [0.717, 1.165) is 0 Å². The molecule has 0 spiro atoms. The number of amides is 1. The van der Waals surface area contributed by atoms with Crippen molar-refractivity contribution in [2.45, 2.75) is 127 Å². The van der Waals surface area contributed by atoms with Crippen LogP contribution in [0.5, 0.6) is 0 Å². The molecule has 0 aromatic heterocycles. The number of carbonyl (C=O) groups excluding carboxylic acids is 1. The summed E-state index contributed by atoms with van der Waals surface area (Å²) in [5.41, 5.74) is 16.9. The maximum absolute atomic E-state index is 10.9. The van der Waals surface area contributed by atoms with E-state index in [0.29, 0.717) is 18.1 Å². The Bertz CT molecular complexity index is 650. The predicted molar refractivity (Wildman–Crippen MR) is 142 cm³/mol. The van der Waals surface area contributed by atoms with Gasteiger partial charge in [-0.15, -0.1) is 0 Å². The van der Waals surface area contributed by atoms with Crippen molar-refractivity contribution in [2.75, 3.05) is 6.16 Å².